The van der Waals surface area contributed by atoms with Crippen LogP contribution >= 0.6 is 11.8 Å². The third-order valence-electron chi connectivity index (χ3n) is 2.27. The predicted octanol–water partition coefficient (Wildman–Crippen LogP) is 2.19. The van der Waals surface area contributed by atoms with Gasteiger partial charge in [-0.1, -0.05) is 26.2 Å². The van der Waals surface area contributed by atoms with Crippen LogP contribution in [0.5, 0.6) is 0 Å². The average Bonchev–Trinajstić information content (AvgIpc) is 2.29. The van der Waals surface area contributed by atoms with Gasteiger partial charge >= 0.3 is 0 Å². The topological polar surface area (TPSA) is 49.3 Å². The van der Waals surface area contributed by atoms with E-state index in [4.69, 9.17) is 5.11 Å². The number of unbranched alkanes of at least 4 members (excludes halogenated alkanes) is 3. The number of thioether (sulfide) groups is 1. The molecule has 0 spiro atoms. The van der Waals surface area contributed by atoms with Crippen molar-refractivity contribution in [1.82, 2.24) is 5.32 Å². The van der Waals surface area contributed by atoms with E-state index >= 15 is 0 Å². The van der Waals surface area contributed by atoms with E-state index in [1.54, 1.807) is 11.8 Å². The summed E-state index contributed by atoms with van der Waals surface area (Å²) in [6, 6.07) is 0. The molecule has 0 saturated carbocycles. The normalized spacial score (nSPS) is 10.4. The van der Waals surface area contributed by atoms with Gasteiger partial charge in [0.05, 0.1) is 0 Å². The van der Waals surface area contributed by atoms with Crippen molar-refractivity contribution in [2.75, 3.05) is 24.7 Å². The Morgan fingerprint density at radius 2 is 2.00 bits per heavy atom. The fourth-order valence-electron chi connectivity index (χ4n) is 1.33. The molecule has 1 amide bonds. The third kappa shape index (κ3) is 11.9. The van der Waals surface area contributed by atoms with E-state index in [9.17, 15) is 4.79 Å². The van der Waals surface area contributed by atoms with Crippen LogP contribution in [0.2, 0.25) is 0 Å². The second-order valence-electron chi connectivity index (χ2n) is 3.85. The summed E-state index contributed by atoms with van der Waals surface area (Å²) in [5.74, 6) is 2.10. The van der Waals surface area contributed by atoms with Gasteiger partial charge in [-0.25, -0.2) is 0 Å². The summed E-state index contributed by atoms with van der Waals surface area (Å²) in [5.41, 5.74) is 0. The minimum absolute atomic E-state index is 0.180. The van der Waals surface area contributed by atoms with Crippen molar-refractivity contribution >= 4 is 17.7 Å². The molecule has 0 aliphatic rings. The van der Waals surface area contributed by atoms with Crippen LogP contribution in [0, 0.1) is 0 Å². The van der Waals surface area contributed by atoms with Crippen LogP contribution in [0.25, 0.3) is 0 Å². The molecule has 0 heterocycles. The summed E-state index contributed by atoms with van der Waals surface area (Å²) in [7, 11) is 0. The second kappa shape index (κ2) is 12.8. The first kappa shape index (κ1) is 15.8. The van der Waals surface area contributed by atoms with Gasteiger partial charge in [0.2, 0.25) is 5.91 Å². The maximum atomic E-state index is 11.3. The molecule has 0 atom stereocenters. The van der Waals surface area contributed by atoms with E-state index in [-0.39, 0.29) is 12.5 Å². The monoisotopic (exact) mass is 247 g/mol. The first-order chi connectivity index (χ1) is 7.81. The number of hydrogen-bond donors (Lipinski definition) is 2. The van der Waals surface area contributed by atoms with E-state index in [2.05, 4.69) is 12.2 Å². The highest BCUT2D eigenvalue weighted by molar-refractivity contribution is 7.99. The number of carbonyl (C=O) groups excluding carboxylic acids is 1. The number of aliphatic hydroxyl groups is 1. The Labute approximate surface area is 103 Å². The summed E-state index contributed by atoms with van der Waals surface area (Å²) in [5, 5.41) is 11.5. The van der Waals surface area contributed by atoms with Gasteiger partial charge in [0.15, 0.2) is 0 Å². The molecule has 0 aliphatic carbocycles. The maximum Gasteiger partial charge on any atom is 0.220 e. The lowest BCUT2D eigenvalue weighted by Crippen LogP contribution is -2.25. The molecule has 0 saturated heterocycles. The highest BCUT2D eigenvalue weighted by atomic mass is 32.2. The number of carbonyl (C=O) groups is 1. The van der Waals surface area contributed by atoms with Crippen LogP contribution in [-0.4, -0.2) is 35.7 Å². The zero-order valence-corrected chi connectivity index (χ0v) is 11.2. The van der Waals surface area contributed by atoms with Gasteiger partial charge in [-0.3, -0.25) is 4.79 Å². The molecule has 0 aromatic rings. The summed E-state index contributed by atoms with van der Waals surface area (Å²) >= 11 is 1.78. The molecule has 0 rings (SSSR count). The summed E-state index contributed by atoms with van der Waals surface area (Å²) < 4.78 is 0. The Morgan fingerprint density at radius 3 is 2.69 bits per heavy atom. The van der Waals surface area contributed by atoms with Crippen LogP contribution in [0.3, 0.4) is 0 Å². The van der Waals surface area contributed by atoms with Gasteiger partial charge in [-0.05, 0) is 18.6 Å². The van der Waals surface area contributed by atoms with Gasteiger partial charge in [0.25, 0.3) is 0 Å². The summed E-state index contributed by atoms with van der Waals surface area (Å²) in [6.07, 6.45) is 6.12. The van der Waals surface area contributed by atoms with E-state index in [1.807, 2.05) is 0 Å². The molecule has 0 aromatic carbocycles. The number of rotatable bonds is 11. The largest absolute Gasteiger partial charge is 0.396 e. The lowest BCUT2D eigenvalue weighted by molar-refractivity contribution is -0.121. The highest BCUT2D eigenvalue weighted by Crippen LogP contribution is 2.03. The summed E-state index contributed by atoms with van der Waals surface area (Å²) in [6.45, 7) is 3.18. The molecule has 0 aliphatic heterocycles. The number of aliphatic hydroxyl groups excluding tert-OH is 1. The van der Waals surface area contributed by atoms with Gasteiger partial charge in [-0.2, -0.15) is 11.8 Å². The number of nitrogens with one attached hydrogen (secondary N) is 1. The van der Waals surface area contributed by atoms with Crippen molar-refractivity contribution in [3.63, 3.8) is 0 Å². The van der Waals surface area contributed by atoms with E-state index in [0.29, 0.717) is 6.42 Å². The average molecular weight is 247 g/mol. The molecule has 0 unspecified atom stereocenters. The molecular weight excluding hydrogens is 222 g/mol. The zero-order chi connectivity index (χ0) is 12.1. The molecule has 96 valence electrons. The van der Waals surface area contributed by atoms with Crippen molar-refractivity contribution in [2.45, 2.75) is 45.4 Å². The van der Waals surface area contributed by atoms with Crippen molar-refractivity contribution in [3.05, 3.63) is 0 Å². The van der Waals surface area contributed by atoms with Crippen LogP contribution < -0.4 is 5.32 Å². The van der Waals surface area contributed by atoms with Gasteiger partial charge < -0.3 is 10.4 Å². The van der Waals surface area contributed by atoms with Crippen LogP contribution in [0.15, 0.2) is 0 Å². The van der Waals surface area contributed by atoms with Gasteiger partial charge in [0, 0.05) is 25.3 Å². The molecule has 4 heteroatoms. The molecule has 16 heavy (non-hydrogen) atoms. The fourth-order valence-corrected chi connectivity index (χ4v) is 2.12. The minimum atomic E-state index is 0.180. The lowest BCUT2D eigenvalue weighted by atomic mass is 10.1. The molecule has 0 fully saturated rings. The maximum absolute atomic E-state index is 11.3. The Balaban J connectivity index is 3.11. The van der Waals surface area contributed by atoms with E-state index in [1.165, 1.54) is 12.8 Å². The molecule has 2 N–H and O–H groups in total. The van der Waals surface area contributed by atoms with Gasteiger partial charge in [-0.15, -0.1) is 0 Å². The van der Waals surface area contributed by atoms with Crippen LogP contribution in [0.1, 0.15) is 45.4 Å². The van der Waals surface area contributed by atoms with E-state index in [0.717, 1.165) is 37.3 Å². The Kier molecular flexibility index (Phi) is 12.7. The molecule has 0 bridgehead atoms. The first-order valence-electron chi connectivity index (χ1n) is 6.26. The molecule has 0 radical (unpaired) electrons. The predicted molar refractivity (Wildman–Crippen MR) is 70.8 cm³/mol. The second-order valence-corrected chi connectivity index (χ2v) is 5.07. The fraction of sp³-hybridized carbons (Fsp3) is 0.917. The SMILES string of the molecule is CCCCCCC(=O)NCCSCCCO. The van der Waals surface area contributed by atoms with Crippen molar-refractivity contribution < 1.29 is 9.90 Å². The Hall–Kier alpha value is -0.220. The first-order valence-corrected chi connectivity index (χ1v) is 7.42. The quantitative estimate of drug-likeness (QED) is 0.550. The number of hydrogen-bond acceptors (Lipinski definition) is 3. The van der Waals surface area contributed by atoms with Crippen LogP contribution in [-0.2, 0) is 4.79 Å². The smallest absolute Gasteiger partial charge is 0.220 e. The van der Waals surface area contributed by atoms with Gasteiger partial charge in [0.1, 0.15) is 0 Å². The van der Waals surface area contributed by atoms with Crippen molar-refractivity contribution in [1.29, 1.82) is 0 Å². The van der Waals surface area contributed by atoms with Crippen LogP contribution in [0.4, 0.5) is 0 Å². The minimum Gasteiger partial charge on any atom is -0.396 e. The molecule has 3 nitrogen and oxygen atoms in total. The Morgan fingerprint density at radius 1 is 1.19 bits per heavy atom. The van der Waals surface area contributed by atoms with E-state index < -0.39 is 0 Å². The Bertz CT molecular complexity index is 165. The number of amides is 1. The lowest BCUT2D eigenvalue weighted by Gasteiger charge is -2.04. The van der Waals surface area contributed by atoms with Crippen molar-refractivity contribution in [2.24, 2.45) is 0 Å². The zero-order valence-electron chi connectivity index (χ0n) is 10.3. The van der Waals surface area contributed by atoms with Crippen molar-refractivity contribution in [3.8, 4) is 0 Å². The standard InChI is InChI=1S/C12H25NO2S/c1-2-3-4-5-7-12(15)13-8-11-16-10-6-9-14/h14H,2-11H2,1H3,(H,13,15). The molecule has 0 aromatic heterocycles. The third-order valence-corrected chi connectivity index (χ3v) is 3.34. The molecular formula is C12H25NO2S. The summed E-state index contributed by atoms with van der Waals surface area (Å²) in [4.78, 5) is 11.3. The highest BCUT2D eigenvalue weighted by Gasteiger charge is 1.99.